The first-order valence-corrected chi connectivity index (χ1v) is 10.5. The van der Waals surface area contributed by atoms with E-state index in [1.54, 1.807) is 41.3 Å². The number of amides is 2. The summed E-state index contributed by atoms with van der Waals surface area (Å²) in [5.74, 6) is -2.75. The Hall–Kier alpha value is -4.07. The minimum atomic E-state index is -1.08. The Bertz CT molecular complexity index is 1470. The highest BCUT2D eigenvalue weighted by Gasteiger charge is 2.27. The summed E-state index contributed by atoms with van der Waals surface area (Å²) in [6.07, 6.45) is 0. The lowest BCUT2D eigenvalue weighted by atomic mass is 10.0. The molecule has 2 heterocycles. The number of piperazine rings is 1. The van der Waals surface area contributed by atoms with E-state index in [9.17, 15) is 23.2 Å². The quantitative estimate of drug-likeness (QED) is 0.478. The van der Waals surface area contributed by atoms with Crippen molar-refractivity contribution in [1.29, 1.82) is 0 Å². The predicted octanol–water partition coefficient (Wildman–Crippen LogP) is 3.56. The Morgan fingerprint density at radius 3 is 2.15 bits per heavy atom. The van der Waals surface area contributed by atoms with Crippen molar-refractivity contribution in [3.05, 3.63) is 93.6 Å². The molecule has 0 bridgehead atoms. The second-order valence-electron chi connectivity index (χ2n) is 7.94. The van der Waals surface area contributed by atoms with E-state index >= 15 is 0 Å². The van der Waals surface area contributed by atoms with Crippen molar-refractivity contribution in [2.45, 2.75) is 0 Å². The van der Waals surface area contributed by atoms with Gasteiger partial charge in [0, 0.05) is 48.0 Å². The first kappa shape index (κ1) is 20.8. The summed E-state index contributed by atoms with van der Waals surface area (Å²) in [7, 11) is 0. The van der Waals surface area contributed by atoms with Gasteiger partial charge in [-0.1, -0.05) is 18.2 Å². The number of nitrogens with zero attached hydrogens (tertiary/aromatic N) is 2. The Kier molecular flexibility index (Phi) is 5.12. The molecule has 2 amide bonds. The van der Waals surface area contributed by atoms with Crippen LogP contribution >= 0.6 is 0 Å². The molecule has 166 valence electrons. The maximum Gasteiger partial charge on any atom is 0.256 e. The molecule has 1 fully saturated rings. The van der Waals surface area contributed by atoms with Crippen LogP contribution < -0.4 is 5.43 Å². The van der Waals surface area contributed by atoms with Crippen LogP contribution in [0.25, 0.3) is 21.8 Å². The lowest BCUT2D eigenvalue weighted by Gasteiger charge is -2.35. The molecule has 1 aliphatic rings. The molecule has 3 aromatic carbocycles. The molecule has 33 heavy (non-hydrogen) atoms. The van der Waals surface area contributed by atoms with Crippen molar-refractivity contribution in [3.63, 3.8) is 0 Å². The van der Waals surface area contributed by atoms with Gasteiger partial charge in [-0.05, 0) is 42.5 Å². The van der Waals surface area contributed by atoms with E-state index in [0.29, 0.717) is 27.4 Å². The monoisotopic (exact) mass is 447 g/mol. The zero-order chi connectivity index (χ0) is 23.1. The molecule has 8 heteroatoms. The minimum absolute atomic E-state index is 0.0622. The van der Waals surface area contributed by atoms with E-state index in [4.69, 9.17) is 0 Å². The van der Waals surface area contributed by atoms with Gasteiger partial charge in [-0.25, -0.2) is 8.78 Å². The second-order valence-corrected chi connectivity index (χ2v) is 7.94. The first-order valence-electron chi connectivity index (χ1n) is 10.5. The van der Waals surface area contributed by atoms with Crippen LogP contribution in [-0.2, 0) is 0 Å². The van der Waals surface area contributed by atoms with Crippen LogP contribution in [0.2, 0.25) is 0 Å². The lowest BCUT2D eigenvalue weighted by molar-refractivity contribution is 0.0536. The zero-order valence-electron chi connectivity index (χ0n) is 17.5. The van der Waals surface area contributed by atoms with Gasteiger partial charge in [0.25, 0.3) is 11.8 Å². The third-order valence-electron chi connectivity index (χ3n) is 5.99. The molecular weight excluding hydrogens is 428 g/mol. The van der Waals surface area contributed by atoms with Crippen LogP contribution in [0.5, 0.6) is 0 Å². The Morgan fingerprint density at radius 2 is 1.42 bits per heavy atom. The number of H-pyrrole nitrogens is 1. The summed E-state index contributed by atoms with van der Waals surface area (Å²) in [4.78, 5) is 45.2. The number of aromatic amines is 1. The molecular formula is C25H19F2N3O3. The van der Waals surface area contributed by atoms with Gasteiger partial charge in [-0.2, -0.15) is 0 Å². The van der Waals surface area contributed by atoms with Crippen molar-refractivity contribution in [1.82, 2.24) is 14.8 Å². The maximum atomic E-state index is 13.5. The minimum Gasteiger partial charge on any atom is -0.354 e. The third kappa shape index (κ3) is 3.63. The number of carbonyl (C=O) groups excluding carboxylic acids is 2. The molecule has 4 aromatic rings. The standard InChI is InChI=1S/C25H19F2N3O3/c26-19-9-8-15(14-20(19)27)24(32)29-10-12-30(13-11-29)25(33)18-6-3-5-17-22(18)28-21-7-2-1-4-16(21)23(17)31/h1-9,14H,10-13H2,(H,28,31). The van der Waals surface area contributed by atoms with Crippen LogP contribution in [-0.4, -0.2) is 52.8 Å². The molecule has 1 aliphatic heterocycles. The number of para-hydroxylation sites is 2. The number of nitrogens with one attached hydrogen (secondary N) is 1. The number of rotatable bonds is 2. The normalized spacial score (nSPS) is 14.1. The van der Waals surface area contributed by atoms with Crippen molar-refractivity contribution in [3.8, 4) is 0 Å². The van der Waals surface area contributed by atoms with Crippen molar-refractivity contribution >= 4 is 33.6 Å². The molecule has 6 nitrogen and oxygen atoms in total. The van der Waals surface area contributed by atoms with Gasteiger partial charge in [0.2, 0.25) is 0 Å². The van der Waals surface area contributed by atoms with E-state index in [1.165, 1.54) is 11.0 Å². The smallest absolute Gasteiger partial charge is 0.256 e. The average Bonchev–Trinajstić information content (AvgIpc) is 2.85. The molecule has 1 N–H and O–H groups in total. The summed E-state index contributed by atoms with van der Waals surface area (Å²) >= 11 is 0. The van der Waals surface area contributed by atoms with Gasteiger partial charge in [0.1, 0.15) is 0 Å². The Labute approximate surface area is 187 Å². The Morgan fingerprint density at radius 1 is 0.758 bits per heavy atom. The topological polar surface area (TPSA) is 73.5 Å². The van der Waals surface area contributed by atoms with Gasteiger partial charge in [-0.15, -0.1) is 0 Å². The molecule has 0 saturated carbocycles. The number of fused-ring (bicyclic) bond motifs is 2. The fourth-order valence-electron chi connectivity index (χ4n) is 4.22. The largest absolute Gasteiger partial charge is 0.354 e. The number of carbonyl (C=O) groups is 2. The first-order chi connectivity index (χ1) is 15.9. The second kappa shape index (κ2) is 8.12. The molecule has 0 radical (unpaired) electrons. The van der Waals surface area contributed by atoms with E-state index < -0.39 is 17.5 Å². The Balaban J connectivity index is 1.38. The molecule has 1 saturated heterocycles. The van der Waals surface area contributed by atoms with Crippen LogP contribution in [0, 0.1) is 11.6 Å². The van der Waals surface area contributed by atoms with E-state index in [0.717, 1.165) is 12.1 Å². The van der Waals surface area contributed by atoms with Crippen molar-refractivity contribution < 1.29 is 18.4 Å². The highest BCUT2D eigenvalue weighted by atomic mass is 19.2. The molecule has 0 aliphatic carbocycles. The zero-order valence-corrected chi connectivity index (χ0v) is 17.5. The molecule has 5 rings (SSSR count). The third-order valence-corrected chi connectivity index (χ3v) is 5.99. The highest BCUT2D eigenvalue weighted by Crippen LogP contribution is 2.21. The fourth-order valence-corrected chi connectivity index (χ4v) is 4.22. The van der Waals surface area contributed by atoms with Crippen molar-refractivity contribution in [2.75, 3.05) is 26.2 Å². The predicted molar refractivity (Wildman–Crippen MR) is 120 cm³/mol. The summed E-state index contributed by atoms with van der Waals surface area (Å²) in [6, 6.07) is 15.2. The number of benzene rings is 3. The summed E-state index contributed by atoms with van der Waals surface area (Å²) < 4.78 is 26.7. The van der Waals surface area contributed by atoms with Crippen molar-refractivity contribution in [2.24, 2.45) is 0 Å². The fraction of sp³-hybridized carbons (Fsp3) is 0.160. The van der Waals surface area contributed by atoms with E-state index in [1.807, 2.05) is 6.07 Å². The van der Waals surface area contributed by atoms with Crippen LogP contribution in [0.1, 0.15) is 20.7 Å². The van der Waals surface area contributed by atoms with Gasteiger partial charge >= 0.3 is 0 Å². The number of hydrogen-bond acceptors (Lipinski definition) is 3. The van der Waals surface area contributed by atoms with Gasteiger partial charge in [0.15, 0.2) is 17.1 Å². The summed E-state index contributed by atoms with van der Waals surface area (Å²) in [5, 5.41) is 0.991. The molecule has 0 atom stereocenters. The van der Waals surface area contributed by atoms with Crippen LogP contribution in [0.4, 0.5) is 8.78 Å². The van der Waals surface area contributed by atoms with E-state index in [-0.39, 0.29) is 43.1 Å². The molecule has 0 unspecified atom stereocenters. The SMILES string of the molecule is O=C(c1ccc(F)c(F)c1)N1CCN(C(=O)c2cccc3c(=O)c4ccccc4[nH]c23)CC1. The summed E-state index contributed by atoms with van der Waals surface area (Å²) in [5.41, 5.74) is 1.43. The number of hydrogen-bond donors (Lipinski definition) is 1. The molecule has 0 spiro atoms. The lowest BCUT2D eigenvalue weighted by Crippen LogP contribution is -2.50. The van der Waals surface area contributed by atoms with Crippen LogP contribution in [0.15, 0.2) is 65.5 Å². The number of halogens is 2. The number of aromatic nitrogens is 1. The van der Waals surface area contributed by atoms with Gasteiger partial charge < -0.3 is 14.8 Å². The summed E-state index contributed by atoms with van der Waals surface area (Å²) in [6.45, 7) is 1.08. The van der Waals surface area contributed by atoms with E-state index in [2.05, 4.69) is 4.98 Å². The molecule has 1 aromatic heterocycles. The van der Waals surface area contributed by atoms with Gasteiger partial charge in [-0.3, -0.25) is 14.4 Å². The highest BCUT2D eigenvalue weighted by molar-refractivity contribution is 6.07. The van der Waals surface area contributed by atoms with Crippen LogP contribution in [0.3, 0.4) is 0 Å². The number of pyridine rings is 1. The van der Waals surface area contributed by atoms with Gasteiger partial charge in [0.05, 0.1) is 11.1 Å². The maximum absolute atomic E-state index is 13.5. The average molecular weight is 447 g/mol.